The highest BCUT2D eigenvalue weighted by atomic mass is 32.2. The molecule has 2 aromatic carbocycles. The maximum Gasteiger partial charge on any atom is 0.161 e. The van der Waals surface area contributed by atoms with Crippen molar-refractivity contribution in [2.24, 2.45) is 4.99 Å². The summed E-state index contributed by atoms with van der Waals surface area (Å²) in [7, 11) is 1.67. The van der Waals surface area contributed by atoms with Crippen molar-refractivity contribution in [1.29, 1.82) is 0 Å². The van der Waals surface area contributed by atoms with Gasteiger partial charge < -0.3 is 10.1 Å². The number of thioether (sulfide) groups is 1. The fourth-order valence-electron chi connectivity index (χ4n) is 2.27. The number of rotatable bonds is 4. The van der Waals surface area contributed by atoms with Crippen molar-refractivity contribution in [2.75, 3.05) is 18.2 Å². The molecule has 1 unspecified atom stereocenters. The fourth-order valence-corrected chi connectivity index (χ4v) is 3.23. The molecule has 0 saturated heterocycles. The van der Waals surface area contributed by atoms with E-state index in [1.807, 2.05) is 30.3 Å². The van der Waals surface area contributed by atoms with Gasteiger partial charge in [-0.25, -0.2) is 0 Å². The Bertz CT molecular complexity index is 610. The van der Waals surface area contributed by atoms with Crippen molar-refractivity contribution in [3.8, 4) is 5.75 Å². The lowest BCUT2D eigenvalue weighted by atomic mass is 10.1. The number of anilines is 1. The first-order valence-electron chi connectivity index (χ1n) is 6.99. The zero-order chi connectivity index (χ0) is 14.5. The molecule has 0 radical (unpaired) electrons. The van der Waals surface area contributed by atoms with Crippen LogP contribution in [0.4, 0.5) is 5.69 Å². The Kier molecular flexibility index (Phi) is 4.46. The van der Waals surface area contributed by atoms with Crippen LogP contribution in [-0.2, 0) is 6.42 Å². The number of amidine groups is 1. The Labute approximate surface area is 129 Å². The van der Waals surface area contributed by atoms with Crippen molar-refractivity contribution in [1.82, 2.24) is 0 Å². The van der Waals surface area contributed by atoms with Gasteiger partial charge in [0, 0.05) is 11.4 Å². The van der Waals surface area contributed by atoms with Crippen molar-refractivity contribution < 1.29 is 4.74 Å². The molecule has 1 aliphatic rings. The molecule has 0 spiro atoms. The number of ether oxygens (including phenoxy) is 1. The smallest absolute Gasteiger partial charge is 0.161 e. The highest BCUT2D eigenvalue weighted by Gasteiger charge is 2.18. The summed E-state index contributed by atoms with van der Waals surface area (Å²) in [4.78, 5) is 4.76. The lowest BCUT2D eigenvalue weighted by Gasteiger charge is -2.06. The second-order valence-corrected chi connectivity index (χ2v) is 5.95. The Balaban J connectivity index is 1.60. The largest absolute Gasteiger partial charge is 0.497 e. The Morgan fingerprint density at radius 2 is 1.90 bits per heavy atom. The van der Waals surface area contributed by atoms with Crippen LogP contribution >= 0.6 is 11.8 Å². The van der Waals surface area contributed by atoms with Crippen LogP contribution in [0.3, 0.4) is 0 Å². The molecule has 1 aliphatic heterocycles. The predicted octanol–water partition coefficient (Wildman–Crippen LogP) is 3.82. The van der Waals surface area contributed by atoms with Gasteiger partial charge in [0.1, 0.15) is 5.75 Å². The minimum Gasteiger partial charge on any atom is -0.497 e. The number of hydrogen-bond acceptors (Lipinski definition) is 4. The number of nitrogens with one attached hydrogen (secondary N) is 1. The summed E-state index contributed by atoms with van der Waals surface area (Å²) in [6.45, 7) is 0. The third kappa shape index (κ3) is 3.79. The second-order valence-electron chi connectivity index (χ2n) is 4.94. The van der Waals surface area contributed by atoms with Crippen LogP contribution in [0, 0.1) is 0 Å². The zero-order valence-electron chi connectivity index (χ0n) is 12.0. The molecule has 0 fully saturated rings. The quantitative estimate of drug-likeness (QED) is 0.931. The first-order valence-corrected chi connectivity index (χ1v) is 7.97. The highest BCUT2D eigenvalue weighted by molar-refractivity contribution is 8.14. The molecular formula is C17H18N2OS. The minimum absolute atomic E-state index is 0.359. The maximum absolute atomic E-state index is 5.16. The summed E-state index contributed by atoms with van der Waals surface area (Å²) >= 11 is 1.78. The van der Waals surface area contributed by atoms with Gasteiger partial charge in [-0.05, 0) is 36.2 Å². The van der Waals surface area contributed by atoms with Crippen molar-refractivity contribution in [3.63, 3.8) is 0 Å². The SMILES string of the molecule is COc1ccc(NC2=NC(Cc3ccccc3)CS2)cc1. The van der Waals surface area contributed by atoms with Crippen LogP contribution in [0.25, 0.3) is 0 Å². The summed E-state index contributed by atoms with van der Waals surface area (Å²) in [5, 5.41) is 4.37. The van der Waals surface area contributed by atoms with E-state index in [0.717, 1.165) is 28.8 Å². The van der Waals surface area contributed by atoms with Crippen molar-refractivity contribution in [3.05, 3.63) is 60.2 Å². The molecule has 0 aliphatic carbocycles. The molecule has 108 valence electrons. The summed E-state index contributed by atoms with van der Waals surface area (Å²) in [5.41, 5.74) is 2.39. The molecule has 1 heterocycles. The van der Waals surface area contributed by atoms with Gasteiger partial charge in [-0.1, -0.05) is 42.1 Å². The van der Waals surface area contributed by atoms with Crippen LogP contribution in [0.2, 0.25) is 0 Å². The second kappa shape index (κ2) is 6.68. The number of benzene rings is 2. The molecule has 21 heavy (non-hydrogen) atoms. The van der Waals surface area contributed by atoms with E-state index < -0.39 is 0 Å². The third-order valence-corrected chi connectivity index (χ3v) is 4.40. The van der Waals surface area contributed by atoms with Crippen molar-refractivity contribution >= 4 is 22.6 Å². The fraction of sp³-hybridized carbons (Fsp3) is 0.235. The van der Waals surface area contributed by atoms with E-state index in [-0.39, 0.29) is 0 Å². The van der Waals surface area contributed by atoms with E-state index >= 15 is 0 Å². The average Bonchev–Trinajstić information content (AvgIpc) is 2.96. The molecule has 3 rings (SSSR count). The lowest BCUT2D eigenvalue weighted by molar-refractivity contribution is 0.415. The number of aliphatic imine (C=N–C) groups is 1. The molecule has 1 atom stereocenters. The van der Waals surface area contributed by atoms with Gasteiger partial charge in [0.15, 0.2) is 5.17 Å². The summed E-state index contributed by atoms with van der Waals surface area (Å²) in [6.07, 6.45) is 1.00. The number of hydrogen-bond donors (Lipinski definition) is 1. The molecule has 0 saturated carbocycles. The predicted molar refractivity (Wildman–Crippen MR) is 90.4 cm³/mol. The van der Waals surface area contributed by atoms with Gasteiger partial charge in [0.25, 0.3) is 0 Å². The standard InChI is InChI=1S/C17H18N2OS/c1-20-16-9-7-14(8-10-16)18-17-19-15(12-21-17)11-13-5-3-2-4-6-13/h2-10,15H,11-12H2,1H3,(H,18,19). The van der Waals surface area contributed by atoms with E-state index in [2.05, 4.69) is 29.6 Å². The molecule has 0 aromatic heterocycles. The summed E-state index contributed by atoms with van der Waals surface area (Å²) in [6, 6.07) is 18.8. The Morgan fingerprint density at radius 3 is 2.62 bits per heavy atom. The van der Waals surface area contributed by atoms with Gasteiger partial charge >= 0.3 is 0 Å². The monoisotopic (exact) mass is 298 g/mol. The molecule has 0 bridgehead atoms. The van der Waals surface area contributed by atoms with Gasteiger partial charge in [-0.3, -0.25) is 4.99 Å². The van der Waals surface area contributed by atoms with Gasteiger partial charge in [0.2, 0.25) is 0 Å². The van der Waals surface area contributed by atoms with E-state index in [9.17, 15) is 0 Å². The minimum atomic E-state index is 0.359. The van der Waals surface area contributed by atoms with Gasteiger partial charge in [-0.2, -0.15) is 0 Å². The molecular weight excluding hydrogens is 280 g/mol. The number of methoxy groups -OCH3 is 1. The summed E-state index contributed by atoms with van der Waals surface area (Å²) < 4.78 is 5.16. The topological polar surface area (TPSA) is 33.6 Å². The van der Waals surface area contributed by atoms with Crippen LogP contribution < -0.4 is 10.1 Å². The van der Waals surface area contributed by atoms with Crippen LogP contribution in [0.15, 0.2) is 59.6 Å². The first kappa shape index (κ1) is 14.0. The lowest BCUT2D eigenvalue weighted by Crippen LogP contribution is -2.08. The summed E-state index contributed by atoms with van der Waals surface area (Å²) in [5.74, 6) is 1.90. The normalized spacial score (nSPS) is 17.4. The third-order valence-electron chi connectivity index (χ3n) is 3.37. The zero-order valence-corrected chi connectivity index (χ0v) is 12.8. The van der Waals surface area contributed by atoms with Crippen molar-refractivity contribution in [2.45, 2.75) is 12.5 Å². The van der Waals surface area contributed by atoms with E-state index in [1.54, 1.807) is 18.9 Å². The van der Waals surface area contributed by atoms with E-state index in [4.69, 9.17) is 9.73 Å². The van der Waals surface area contributed by atoms with E-state index in [1.165, 1.54) is 5.56 Å². The Morgan fingerprint density at radius 1 is 1.14 bits per heavy atom. The molecule has 2 aromatic rings. The first-order chi connectivity index (χ1) is 10.3. The molecule has 1 N–H and O–H groups in total. The molecule has 4 heteroatoms. The van der Waals surface area contributed by atoms with Crippen LogP contribution in [0.1, 0.15) is 5.56 Å². The highest BCUT2D eigenvalue weighted by Crippen LogP contribution is 2.23. The van der Waals surface area contributed by atoms with Gasteiger partial charge in [-0.15, -0.1) is 0 Å². The number of nitrogens with zero attached hydrogens (tertiary/aromatic N) is 1. The Hall–Kier alpha value is -1.94. The van der Waals surface area contributed by atoms with Gasteiger partial charge in [0.05, 0.1) is 13.2 Å². The van der Waals surface area contributed by atoms with Crippen LogP contribution in [-0.4, -0.2) is 24.1 Å². The van der Waals surface area contributed by atoms with Crippen LogP contribution in [0.5, 0.6) is 5.75 Å². The van der Waals surface area contributed by atoms with E-state index in [0.29, 0.717) is 6.04 Å². The molecule has 3 nitrogen and oxygen atoms in total. The average molecular weight is 298 g/mol. The maximum atomic E-state index is 5.16. The molecule has 0 amide bonds.